The highest BCUT2D eigenvalue weighted by Crippen LogP contribution is 2.29. The van der Waals surface area contributed by atoms with E-state index in [-0.39, 0.29) is 16.6 Å². The van der Waals surface area contributed by atoms with Crippen LogP contribution in [0, 0.1) is 0 Å². The molecular formula is C22H25N3O5S. The summed E-state index contributed by atoms with van der Waals surface area (Å²) in [6.07, 6.45) is 4.45. The molecule has 8 nitrogen and oxygen atoms in total. The topological polar surface area (TPSA) is 96.0 Å². The number of sulfonamides is 1. The van der Waals surface area contributed by atoms with Crippen molar-refractivity contribution in [2.75, 3.05) is 38.0 Å². The quantitative estimate of drug-likeness (QED) is 0.664. The van der Waals surface area contributed by atoms with Gasteiger partial charge >= 0.3 is 0 Å². The maximum Gasteiger partial charge on any atom is 0.248 e. The number of hydrogen-bond acceptors (Lipinski definition) is 5. The van der Waals surface area contributed by atoms with Crippen molar-refractivity contribution >= 4 is 39.3 Å². The van der Waals surface area contributed by atoms with Crippen molar-refractivity contribution < 1.29 is 22.7 Å². The molecule has 0 saturated carbocycles. The zero-order valence-corrected chi connectivity index (χ0v) is 18.5. The molecule has 1 aliphatic rings. The smallest absolute Gasteiger partial charge is 0.248 e. The number of nitrogens with zero attached hydrogens (tertiary/aromatic N) is 2. The fourth-order valence-electron chi connectivity index (χ4n) is 3.20. The first-order valence-electron chi connectivity index (χ1n) is 9.72. The first-order valence-corrected chi connectivity index (χ1v) is 11.2. The summed E-state index contributed by atoms with van der Waals surface area (Å²) in [4.78, 5) is 25.9. The molecule has 0 aromatic heterocycles. The van der Waals surface area contributed by atoms with E-state index in [0.29, 0.717) is 12.1 Å². The SMILES string of the molecule is COc1ccc(NC(=O)/C=C/c2ccc(N3CCCC3=O)cc2)cc1S(=O)(=O)N(C)C. The number of carbonyl (C=O) groups excluding carboxylic acids is 2. The number of ether oxygens (including phenoxy) is 1. The van der Waals surface area contributed by atoms with Gasteiger partial charge in [-0.25, -0.2) is 12.7 Å². The van der Waals surface area contributed by atoms with Gasteiger partial charge in [0, 0.05) is 44.5 Å². The lowest BCUT2D eigenvalue weighted by Gasteiger charge is -2.15. The average molecular weight is 444 g/mol. The van der Waals surface area contributed by atoms with Gasteiger partial charge in [0.05, 0.1) is 7.11 Å². The second kappa shape index (κ2) is 9.32. The highest BCUT2D eigenvalue weighted by Gasteiger charge is 2.23. The van der Waals surface area contributed by atoms with Crippen LogP contribution in [0.5, 0.6) is 5.75 Å². The van der Waals surface area contributed by atoms with Gasteiger partial charge in [0.1, 0.15) is 10.6 Å². The predicted molar refractivity (Wildman–Crippen MR) is 120 cm³/mol. The van der Waals surface area contributed by atoms with E-state index in [1.54, 1.807) is 17.0 Å². The monoisotopic (exact) mass is 443 g/mol. The number of hydrogen-bond donors (Lipinski definition) is 1. The van der Waals surface area contributed by atoms with Gasteiger partial charge in [-0.15, -0.1) is 0 Å². The second-order valence-electron chi connectivity index (χ2n) is 7.22. The lowest BCUT2D eigenvalue weighted by molar-refractivity contribution is -0.117. The van der Waals surface area contributed by atoms with E-state index in [9.17, 15) is 18.0 Å². The van der Waals surface area contributed by atoms with Crippen LogP contribution in [0.3, 0.4) is 0 Å². The summed E-state index contributed by atoms with van der Waals surface area (Å²) >= 11 is 0. The number of amides is 2. The van der Waals surface area contributed by atoms with E-state index in [4.69, 9.17) is 4.74 Å². The van der Waals surface area contributed by atoms with E-state index in [1.165, 1.54) is 39.4 Å². The zero-order valence-electron chi connectivity index (χ0n) is 17.7. The molecule has 2 aromatic rings. The van der Waals surface area contributed by atoms with Crippen LogP contribution in [0.2, 0.25) is 0 Å². The summed E-state index contributed by atoms with van der Waals surface area (Å²) in [5.74, 6) is -0.0891. The molecule has 3 rings (SSSR count). The van der Waals surface area contributed by atoms with E-state index >= 15 is 0 Å². The molecule has 1 saturated heterocycles. The van der Waals surface area contributed by atoms with Gasteiger partial charge in [-0.05, 0) is 48.4 Å². The number of anilines is 2. The first kappa shape index (κ1) is 22.5. The van der Waals surface area contributed by atoms with Crippen molar-refractivity contribution in [3.8, 4) is 5.75 Å². The zero-order chi connectivity index (χ0) is 22.6. The van der Waals surface area contributed by atoms with Crippen molar-refractivity contribution in [3.63, 3.8) is 0 Å². The van der Waals surface area contributed by atoms with Gasteiger partial charge in [0.25, 0.3) is 0 Å². The molecule has 0 unspecified atom stereocenters. The summed E-state index contributed by atoms with van der Waals surface area (Å²) in [7, 11) is 0.496. The molecule has 1 fully saturated rings. The van der Waals surface area contributed by atoms with Crippen LogP contribution >= 0.6 is 0 Å². The molecule has 1 heterocycles. The van der Waals surface area contributed by atoms with Gasteiger partial charge in [-0.2, -0.15) is 0 Å². The molecule has 0 aliphatic carbocycles. The number of benzene rings is 2. The van der Waals surface area contributed by atoms with Crippen molar-refractivity contribution in [1.29, 1.82) is 0 Å². The standard InChI is InChI=1S/C22H25N3O5S/c1-24(2)31(28,29)20-15-17(9-12-19(20)30-3)23-21(26)13-8-16-6-10-18(11-7-16)25-14-4-5-22(25)27/h6-13,15H,4-5,14H2,1-3H3,(H,23,26)/b13-8+. The molecule has 31 heavy (non-hydrogen) atoms. The Kier molecular flexibility index (Phi) is 6.77. The summed E-state index contributed by atoms with van der Waals surface area (Å²) < 4.78 is 31.2. The minimum atomic E-state index is -3.74. The summed E-state index contributed by atoms with van der Waals surface area (Å²) in [6.45, 7) is 0.726. The minimum absolute atomic E-state index is 0.0335. The summed E-state index contributed by atoms with van der Waals surface area (Å²) in [5.41, 5.74) is 1.98. The molecule has 164 valence electrons. The molecule has 2 amide bonds. The predicted octanol–water partition coefficient (Wildman–Crippen LogP) is 2.72. The van der Waals surface area contributed by atoms with Crippen LogP contribution in [0.15, 0.2) is 53.4 Å². The maximum absolute atomic E-state index is 12.5. The van der Waals surface area contributed by atoms with Gasteiger partial charge in [-0.3, -0.25) is 9.59 Å². The van der Waals surface area contributed by atoms with Crippen LogP contribution in [0.1, 0.15) is 18.4 Å². The normalized spacial score (nSPS) is 14.5. The van der Waals surface area contributed by atoms with Crippen molar-refractivity contribution in [2.24, 2.45) is 0 Å². The number of rotatable bonds is 7. The molecule has 0 atom stereocenters. The minimum Gasteiger partial charge on any atom is -0.495 e. The summed E-state index contributed by atoms with van der Waals surface area (Å²) in [5, 5.41) is 2.66. The van der Waals surface area contributed by atoms with Crippen molar-refractivity contribution in [1.82, 2.24) is 4.31 Å². The fraction of sp³-hybridized carbons (Fsp3) is 0.273. The molecule has 2 aromatic carbocycles. The Bertz CT molecular complexity index is 1110. The number of carbonyl (C=O) groups is 2. The molecular weight excluding hydrogens is 418 g/mol. The van der Waals surface area contributed by atoms with Gasteiger partial charge in [0.2, 0.25) is 21.8 Å². The summed E-state index contributed by atoms with van der Waals surface area (Å²) in [6, 6.07) is 11.8. The fourth-order valence-corrected chi connectivity index (χ4v) is 4.27. The van der Waals surface area contributed by atoms with Crippen molar-refractivity contribution in [3.05, 3.63) is 54.1 Å². The van der Waals surface area contributed by atoms with E-state index in [0.717, 1.165) is 28.5 Å². The van der Waals surface area contributed by atoms with Crippen LogP contribution in [-0.4, -0.2) is 52.3 Å². The lowest BCUT2D eigenvalue weighted by Crippen LogP contribution is -2.23. The largest absolute Gasteiger partial charge is 0.495 e. The lowest BCUT2D eigenvalue weighted by atomic mass is 10.2. The Hall–Kier alpha value is -3.17. The molecule has 0 radical (unpaired) electrons. The van der Waals surface area contributed by atoms with Crippen LogP contribution < -0.4 is 15.0 Å². The Balaban J connectivity index is 1.70. The van der Waals surface area contributed by atoms with Crippen molar-refractivity contribution in [2.45, 2.75) is 17.7 Å². The highest BCUT2D eigenvalue weighted by molar-refractivity contribution is 7.89. The molecule has 0 spiro atoms. The Morgan fingerprint density at radius 2 is 1.87 bits per heavy atom. The van der Waals surface area contributed by atoms with Gasteiger partial charge in [0.15, 0.2) is 0 Å². The number of nitrogens with one attached hydrogen (secondary N) is 1. The molecule has 9 heteroatoms. The average Bonchev–Trinajstić information content (AvgIpc) is 3.18. The van der Waals surface area contributed by atoms with Crippen LogP contribution in [0.4, 0.5) is 11.4 Å². The van der Waals surface area contributed by atoms with Gasteiger partial charge < -0.3 is 15.0 Å². The third kappa shape index (κ3) is 5.12. The molecule has 1 N–H and O–H groups in total. The van der Waals surface area contributed by atoms with E-state index < -0.39 is 15.9 Å². The third-order valence-electron chi connectivity index (χ3n) is 4.90. The highest BCUT2D eigenvalue weighted by atomic mass is 32.2. The van der Waals surface area contributed by atoms with Crippen LogP contribution in [-0.2, 0) is 19.6 Å². The van der Waals surface area contributed by atoms with E-state index in [1.807, 2.05) is 24.3 Å². The second-order valence-corrected chi connectivity index (χ2v) is 9.34. The Morgan fingerprint density at radius 3 is 2.45 bits per heavy atom. The molecule has 1 aliphatic heterocycles. The number of methoxy groups -OCH3 is 1. The Morgan fingerprint density at radius 1 is 1.16 bits per heavy atom. The van der Waals surface area contributed by atoms with Crippen LogP contribution in [0.25, 0.3) is 6.08 Å². The third-order valence-corrected chi connectivity index (χ3v) is 6.73. The van der Waals surface area contributed by atoms with E-state index in [2.05, 4.69) is 5.32 Å². The Labute approximate surface area is 182 Å². The maximum atomic E-state index is 12.5. The van der Waals surface area contributed by atoms with Gasteiger partial charge in [-0.1, -0.05) is 12.1 Å². The molecule has 0 bridgehead atoms. The first-order chi connectivity index (χ1) is 14.7.